The Labute approximate surface area is 160 Å². The van der Waals surface area contributed by atoms with Gasteiger partial charge in [0.1, 0.15) is 0 Å². The molecule has 2 aliphatic heterocycles. The lowest BCUT2D eigenvalue weighted by Crippen LogP contribution is -2.46. The first-order valence-electron chi connectivity index (χ1n) is 9.57. The summed E-state index contributed by atoms with van der Waals surface area (Å²) in [4.78, 5) is 17.7. The van der Waals surface area contributed by atoms with Crippen LogP contribution in [0.5, 0.6) is 0 Å². The Morgan fingerprint density at radius 2 is 1.85 bits per heavy atom. The van der Waals surface area contributed by atoms with Gasteiger partial charge in [0.2, 0.25) is 5.91 Å². The number of carbonyl (C=O) groups is 1. The molecule has 0 bridgehead atoms. The van der Waals surface area contributed by atoms with Gasteiger partial charge in [-0.3, -0.25) is 9.69 Å². The predicted octanol–water partition coefficient (Wildman–Crippen LogP) is 4.53. The summed E-state index contributed by atoms with van der Waals surface area (Å²) >= 11 is 6.32. The van der Waals surface area contributed by atoms with Crippen LogP contribution in [0.4, 0.5) is 5.69 Å². The van der Waals surface area contributed by atoms with Crippen molar-refractivity contribution in [2.75, 3.05) is 24.5 Å². The van der Waals surface area contributed by atoms with E-state index in [1.54, 1.807) is 0 Å². The van der Waals surface area contributed by atoms with E-state index < -0.39 is 0 Å². The predicted molar refractivity (Wildman–Crippen MR) is 107 cm³/mol. The number of amides is 1. The largest absolute Gasteiger partial charge is 0.312 e. The summed E-state index contributed by atoms with van der Waals surface area (Å²) in [6.07, 6.45) is 4.18. The molecule has 4 heteroatoms. The van der Waals surface area contributed by atoms with Gasteiger partial charge >= 0.3 is 0 Å². The number of hydrogen-bond acceptors (Lipinski definition) is 2. The number of benzene rings is 2. The van der Waals surface area contributed by atoms with E-state index >= 15 is 0 Å². The molecule has 2 heterocycles. The van der Waals surface area contributed by atoms with Gasteiger partial charge in [-0.2, -0.15) is 0 Å². The first-order chi connectivity index (χ1) is 12.7. The summed E-state index contributed by atoms with van der Waals surface area (Å²) in [7, 11) is 0. The van der Waals surface area contributed by atoms with Crippen LogP contribution in [0.2, 0.25) is 5.02 Å². The van der Waals surface area contributed by atoms with E-state index in [9.17, 15) is 4.79 Å². The fraction of sp³-hybridized carbons (Fsp3) is 0.409. The smallest absolute Gasteiger partial charge is 0.231 e. The van der Waals surface area contributed by atoms with Crippen LogP contribution < -0.4 is 4.90 Å². The maximum absolute atomic E-state index is 13.3. The topological polar surface area (TPSA) is 23.6 Å². The van der Waals surface area contributed by atoms with Crippen molar-refractivity contribution in [2.24, 2.45) is 5.92 Å². The van der Waals surface area contributed by atoms with Gasteiger partial charge in [-0.15, -0.1) is 0 Å². The zero-order valence-electron chi connectivity index (χ0n) is 15.0. The minimum absolute atomic E-state index is 0.0809. The highest BCUT2D eigenvalue weighted by Gasteiger charge is 2.31. The number of piperidine rings is 1. The highest BCUT2D eigenvalue weighted by Crippen LogP contribution is 2.30. The monoisotopic (exact) mass is 368 g/mol. The second kappa shape index (κ2) is 7.81. The van der Waals surface area contributed by atoms with Gasteiger partial charge in [-0.25, -0.2) is 0 Å². The normalized spacial score (nSPS) is 20.7. The minimum Gasteiger partial charge on any atom is -0.312 e. The molecule has 2 aromatic rings. The molecule has 2 aromatic carbocycles. The third-order valence-corrected chi connectivity index (χ3v) is 5.95. The lowest BCUT2D eigenvalue weighted by molar-refractivity contribution is -0.124. The van der Waals surface area contributed by atoms with Crippen LogP contribution in [-0.2, 0) is 17.8 Å². The average molecular weight is 369 g/mol. The van der Waals surface area contributed by atoms with Crippen molar-refractivity contribution in [2.45, 2.75) is 32.2 Å². The Morgan fingerprint density at radius 1 is 1.04 bits per heavy atom. The Morgan fingerprint density at radius 3 is 2.73 bits per heavy atom. The number of likely N-dealkylation sites (tertiary alicyclic amines) is 1. The molecule has 1 atom stereocenters. The number of halogens is 1. The van der Waals surface area contributed by atoms with Crippen molar-refractivity contribution >= 4 is 23.2 Å². The van der Waals surface area contributed by atoms with E-state index in [0.29, 0.717) is 5.91 Å². The average Bonchev–Trinajstić information content (AvgIpc) is 2.69. The number of rotatable bonds is 3. The molecule has 0 saturated carbocycles. The molecule has 0 N–H and O–H groups in total. The SMILES string of the molecule is O=C([C@H]1CCCN(Cc2ccccc2Cl)C1)N1CCCc2ccccc21. The lowest BCUT2D eigenvalue weighted by atomic mass is 9.93. The van der Waals surface area contributed by atoms with Crippen LogP contribution in [0.3, 0.4) is 0 Å². The van der Waals surface area contributed by atoms with Gasteiger partial charge in [-0.1, -0.05) is 48.0 Å². The molecule has 2 aliphatic rings. The van der Waals surface area contributed by atoms with E-state index in [1.807, 2.05) is 29.2 Å². The molecule has 1 fully saturated rings. The van der Waals surface area contributed by atoms with Crippen molar-refractivity contribution in [3.05, 3.63) is 64.7 Å². The summed E-state index contributed by atoms with van der Waals surface area (Å²) < 4.78 is 0. The van der Waals surface area contributed by atoms with E-state index in [4.69, 9.17) is 11.6 Å². The molecule has 4 rings (SSSR count). The third kappa shape index (κ3) is 3.65. The highest BCUT2D eigenvalue weighted by atomic mass is 35.5. The lowest BCUT2D eigenvalue weighted by Gasteiger charge is -2.37. The number of nitrogens with zero attached hydrogens (tertiary/aromatic N) is 2. The van der Waals surface area contributed by atoms with E-state index in [-0.39, 0.29) is 5.92 Å². The van der Waals surface area contributed by atoms with Gasteiger partial charge in [-0.05, 0) is 55.5 Å². The summed E-state index contributed by atoms with van der Waals surface area (Å²) in [5, 5.41) is 0.811. The van der Waals surface area contributed by atoms with Crippen molar-refractivity contribution in [1.29, 1.82) is 0 Å². The molecular weight excluding hydrogens is 344 g/mol. The number of para-hydroxylation sites is 1. The van der Waals surface area contributed by atoms with E-state index in [2.05, 4.69) is 29.2 Å². The van der Waals surface area contributed by atoms with Gasteiger partial charge < -0.3 is 4.90 Å². The Hall–Kier alpha value is -1.84. The first kappa shape index (κ1) is 17.6. The maximum atomic E-state index is 13.3. The summed E-state index contributed by atoms with van der Waals surface area (Å²) in [5.74, 6) is 0.374. The van der Waals surface area contributed by atoms with Gasteiger partial charge in [0.05, 0.1) is 5.92 Å². The van der Waals surface area contributed by atoms with Gasteiger partial charge in [0.25, 0.3) is 0 Å². The van der Waals surface area contributed by atoms with E-state index in [0.717, 1.165) is 68.1 Å². The molecule has 0 aromatic heterocycles. The molecule has 0 radical (unpaired) electrons. The molecule has 1 amide bonds. The quantitative estimate of drug-likeness (QED) is 0.794. The number of hydrogen-bond donors (Lipinski definition) is 0. The summed E-state index contributed by atoms with van der Waals surface area (Å²) in [6, 6.07) is 16.4. The molecule has 0 spiro atoms. The Bertz CT molecular complexity index is 791. The second-order valence-corrected chi connectivity index (χ2v) is 7.80. The molecule has 3 nitrogen and oxygen atoms in total. The third-order valence-electron chi connectivity index (χ3n) is 5.58. The van der Waals surface area contributed by atoms with Gasteiger partial charge in [0.15, 0.2) is 0 Å². The molecule has 1 saturated heterocycles. The van der Waals surface area contributed by atoms with Crippen molar-refractivity contribution in [1.82, 2.24) is 4.90 Å². The number of fused-ring (bicyclic) bond motifs is 1. The molecule has 136 valence electrons. The van der Waals surface area contributed by atoms with Crippen molar-refractivity contribution in [3.8, 4) is 0 Å². The highest BCUT2D eigenvalue weighted by molar-refractivity contribution is 6.31. The minimum atomic E-state index is 0.0809. The van der Waals surface area contributed by atoms with Crippen LogP contribution >= 0.6 is 11.6 Å². The first-order valence-corrected chi connectivity index (χ1v) is 9.95. The van der Waals surface area contributed by atoms with Gasteiger partial charge in [0, 0.05) is 30.3 Å². The van der Waals surface area contributed by atoms with Crippen LogP contribution in [0.1, 0.15) is 30.4 Å². The molecular formula is C22H25ClN2O. The molecule has 0 aliphatic carbocycles. The zero-order valence-corrected chi connectivity index (χ0v) is 15.8. The van der Waals surface area contributed by atoms with Crippen LogP contribution in [0.25, 0.3) is 0 Å². The number of aryl methyl sites for hydroxylation is 1. The number of carbonyl (C=O) groups excluding carboxylic acids is 1. The second-order valence-electron chi connectivity index (χ2n) is 7.39. The Balaban J connectivity index is 1.46. The Kier molecular flexibility index (Phi) is 5.28. The van der Waals surface area contributed by atoms with Crippen molar-refractivity contribution in [3.63, 3.8) is 0 Å². The molecule has 0 unspecified atom stereocenters. The fourth-order valence-corrected chi connectivity index (χ4v) is 4.45. The summed E-state index contributed by atoms with van der Waals surface area (Å²) in [6.45, 7) is 3.52. The van der Waals surface area contributed by atoms with E-state index in [1.165, 1.54) is 5.56 Å². The summed E-state index contributed by atoms with van der Waals surface area (Å²) in [5.41, 5.74) is 3.56. The fourth-order valence-electron chi connectivity index (χ4n) is 4.25. The zero-order chi connectivity index (χ0) is 17.9. The van der Waals surface area contributed by atoms with Crippen LogP contribution in [0, 0.1) is 5.92 Å². The van der Waals surface area contributed by atoms with Crippen molar-refractivity contribution < 1.29 is 4.79 Å². The maximum Gasteiger partial charge on any atom is 0.231 e. The number of anilines is 1. The van der Waals surface area contributed by atoms with Crippen LogP contribution in [-0.4, -0.2) is 30.4 Å². The van der Waals surface area contributed by atoms with Crippen LogP contribution in [0.15, 0.2) is 48.5 Å². The standard InChI is InChI=1S/C22H25ClN2O/c23-20-11-3-1-8-18(20)15-24-13-5-10-19(16-24)22(26)25-14-6-9-17-7-2-4-12-21(17)25/h1-4,7-8,11-12,19H,5-6,9-10,13-16H2/t19-/m0/s1. The molecule has 26 heavy (non-hydrogen) atoms.